The number of thioether (sulfide) groups is 1. The quantitative estimate of drug-likeness (QED) is 0.137. The van der Waals surface area contributed by atoms with E-state index in [1.807, 2.05) is 6.92 Å². The summed E-state index contributed by atoms with van der Waals surface area (Å²) in [4.78, 5) is 60.4. The van der Waals surface area contributed by atoms with Crippen LogP contribution in [-0.2, 0) is 19.1 Å². The number of hydrogen-bond donors (Lipinski definition) is 1. The number of ether oxygens (including phenoxy) is 3. The smallest absolute Gasteiger partial charge is 0.326 e. The average Bonchev–Trinajstić information content (AvgIpc) is 3.15. The summed E-state index contributed by atoms with van der Waals surface area (Å²) in [6, 6.07) is 10.2. The van der Waals surface area contributed by atoms with Crippen molar-refractivity contribution in [2.24, 2.45) is 0 Å². The molecule has 0 unspecified atom stereocenters. The molecule has 1 fully saturated rings. The molecule has 0 aliphatic carbocycles. The molecule has 1 saturated heterocycles. The number of carbonyl (C=O) groups is 4. The van der Waals surface area contributed by atoms with Gasteiger partial charge in [-0.1, -0.05) is 25.5 Å². The van der Waals surface area contributed by atoms with E-state index in [0.717, 1.165) is 11.3 Å². The Balaban J connectivity index is 1.62. The molecule has 12 nitrogen and oxygen atoms in total. The Morgan fingerprint density at radius 1 is 1.16 bits per heavy atom. The fourth-order valence-electron chi connectivity index (χ4n) is 3.22. The van der Waals surface area contributed by atoms with E-state index in [2.05, 4.69) is 5.32 Å². The number of unbranched alkanes of at least 4 members (excludes halogenated alkanes) is 1. The van der Waals surface area contributed by atoms with Crippen molar-refractivity contribution in [3.8, 4) is 11.5 Å². The van der Waals surface area contributed by atoms with E-state index < -0.39 is 41.1 Å². The maximum atomic E-state index is 12.7. The molecule has 0 atom stereocenters. The van der Waals surface area contributed by atoms with Crippen LogP contribution in [0.25, 0.3) is 6.08 Å². The van der Waals surface area contributed by atoms with Gasteiger partial charge in [-0.05, 0) is 48.0 Å². The van der Waals surface area contributed by atoms with Gasteiger partial charge in [0.1, 0.15) is 6.54 Å². The van der Waals surface area contributed by atoms with E-state index in [1.165, 1.54) is 43.5 Å². The fraction of sp³-hybridized carbons (Fsp3) is 0.280. The third-order valence-electron chi connectivity index (χ3n) is 5.11. The number of amides is 3. The lowest BCUT2D eigenvalue weighted by Gasteiger charge is -2.12. The molecule has 13 heteroatoms. The topological polar surface area (TPSA) is 154 Å². The van der Waals surface area contributed by atoms with Crippen LogP contribution < -0.4 is 14.8 Å². The number of nitrogens with zero attached hydrogens (tertiary/aromatic N) is 2. The molecular formula is C25H25N3O9S. The van der Waals surface area contributed by atoms with Crippen molar-refractivity contribution in [3.63, 3.8) is 0 Å². The third kappa shape index (κ3) is 7.56. The standard InChI is InChI=1S/C25H25N3O9S/c1-3-4-10-36-23(30)14-27-24(31)21(38-25(27)32)12-16-8-9-19(20(11-16)35-2)37-15-22(29)26-17-6-5-7-18(13-17)28(33)34/h5-9,11-13H,3-4,10,14-15H2,1-2H3,(H,26,29)/b21-12-. The number of imide groups is 1. The minimum absolute atomic E-state index is 0.128. The van der Waals surface area contributed by atoms with Crippen molar-refractivity contribution < 1.29 is 38.3 Å². The van der Waals surface area contributed by atoms with E-state index in [9.17, 15) is 29.3 Å². The molecule has 1 N–H and O–H groups in total. The molecule has 0 radical (unpaired) electrons. The van der Waals surface area contributed by atoms with Gasteiger partial charge in [-0.2, -0.15) is 0 Å². The van der Waals surface area contributed by atoms with Gasteiger partial charge < -0.3 is 19.5 Å². The predicted molar refractivity (Wildman–Crippen MR) is 139 cm³/mol. The summed E-state index contributed by atoms with van der Waals surface area (Å²) in [6.07, 6.45) is 3.02. The Morgan fingerprint density at radius 3 is 2.66 bits per heavy atom. The van der Waals surface area contributed by atoms with Gasteiger partial charge in [0.25, 0.3) is 22.7 Å². The van der Waals surface area contributed by atoms with Crippen LogP contribution in [-0.4, -0.2) is 59.7 Å². The van der Waals surface area contributed by atoms with Crippen molar-refractivity contribution >= 4 is 52.2 Å². The molecule has 0 aromatic heterocycles. The average molecular weight is 544 g/mol. The van der Waals surface area contributed by atoms with Gasteiger partial charge in [0.05, 0.1) is 23.5 Å². The van der Waals surface area contributed by atoms with E-state index in [1.54, 1.807) is 12.1 Å². The fourth-order valence-corrected chi connectivity index (χ4v) is 4.06. The van der Waals surface area contributed by atoms with Gasteiger partial charge >= 0.3 is 5.97 Å². The zero-order valence-electron chi connectivity index (χ0n) is 20.6. The monoisotopic (exact) mass is 543 g/mol. The van der Waals surface area contributed by atoms with Crippen LogP contribution >= 0.6 is 11.8 Å². The van der Waals surface area contributed by atoms with E-state index >= 15 is 0 Å². The minimum atomic E-state index is -0.653. The number of methoxy groups -OCH3 is 1. The Morgan fingerprint density at radius 2 is 1.95 bits per heavy atom. The number of carbonyl (C=O) groups excluding carboxylic acids is 4. The summed E-state index contributed by atoms with van der Waals surface area (Å²) in [6.45, 7) is 1.32. The Kier molecular flexibility index (Phi) is 9.82. The molecule has 0 saturated carbocycles. The first kappa shape index (κ1) is 28.2. The van der Waals surface area contributed by atoms with Crippen LogP contribution in [0.4, 0.5) is 16.2 Å². The molecule has 3 rings (SSSR count). The third-order valence-corrected chi connectivity index (χ3v) is 6.01. The number of nitro groups is 1. The Bertz CT molecular complexity index is 1280. The van der Waals surface area contributed by atoms with Crippen molar-refractivity contribution in [2.45, 2.75) is 19.8 Å². The van der Waals surface area contributed by atoms with Gasteiger partial charge in [-0.3, -0.25) is 34.2 Å². The molecule has 2 aromatic rings. The molecule has 38 heavy (non-hydrogen) atoms. The summed E-state index contributed by atoms with van der Waals surface area (Å²) in [5, 5.41) is 12.8. The summed E-state index contributed by atoms with van der Waals surface area (Å²) in [5.41, 5.74) is 0.607. The summed E-state index contributed by atoms with van der Waals surface area (Å²) in [7, 11) is 1.40. The van der Waals surface area contributed by atoms with Gasteiger partial charge in [0.15, 0.2) is 18.1 Å². The first-order chi connectivity index (χ1) is 18.2. The number of non-ortho nitro benzene ring substituents is 1. The summed E-state index contributed by atoms with van der Waals surface area (Å²) < 4.78 is 15.9. The van der Waals surface area contributed by atoms with Gasteiger partial charge in [0, 0.05) is 17.8 Å². The number of rotatable bonds is 12. The second kappa shape index (κ2) is 13.2. The summed E-state index contributed by atoms with van der Waals surface area (Å²) >= 11 is 0.706. The second-order valence-corrected chi connectivity index (χ2v) is 8.89. The van der Waals surface area contributed by atoms with Crippen molar-refractivity contribution in [1.82, 2.24) is 4.90 Å². The number of esters is 1. The lowest BCUT2D eigenvalue weighted by molar-refractivity contribution is -0.384. The maximum absolute atomic E-state index is 12.7. The Hall–Kier alpha value is -4.39. The highest BCUT2D eigenvalue weighted by Crippen LogP contribution is 2.34. The molecule has 0 spiro atoms. The van der Waals surface area contributed by atoms with Gasteiger partial charge in [-0.25, -0.2) is 0 Å². The predicted octanol–water partition coefficient (Wildman–Crippen LogP) is 4.00. The van der Waals surface area contributed by atoms with Crippen LogP contribution in [0.5, 0.6) is 11.5 Å². The molecule has 1 aliphatic rings. The number of hydrogen-bond acceptors (Lipinski definition) is 10. The molecular weight excluding hydrogens is 518 g/mol. The lowest BCUT2D eigenvalue weighted by Crippen LogP contribution is -2.34. The van der Waals surface area contributed by atoms with Crippen LogP contribution in [0, 0.1) is 10.1 Å². The number of nitro benzene ring substituents is 1. The largest absolute Gasteiger partial charge is 0.493 e. The highest BCUT2D eigenvalue weighted by atomic mass is 32.2. The first-order valence-electron chi connectivity index (χ1n) is 11.5. The second-order valence-electron chi connectivity index (χ2n) is 7.90. The highest BCUT2D eigenvalue weighted by molar-refractivity contribution is 8.18. The van der Waals surface area contributed by atoms with Crippen LogP contribution in [0.1, 0.15) is 25.3 Å². The maximum Gasteiger partial charge on any atom is 0.326 e. The van der Waals surface area contributed by atoms with Crippen LogP contribution in [0.15, 0.2) is 47.4 Å². The number of nitrogens with one attached hydrogen (secondary N) is 1. The van der Waals surface area contributed by atoms with Gasteiger partial charge in [-0.15, -0.1) is 0 Å². The molecule has 1 heterocycles. The lowest BCUT2D eigenvalue weighted by atomic mass is 10.2. The van der Waals surface area contributed by atoms with Crippen LogP contribution in [0.2, 0.25) is 0 Å². The number of benzene rings is 2. The molecule has 3 amide bonds. The van der Waals surface area contributed by atoms with E-state index in [-0.39, 0.29) is 34.4 Å². The molecule has 2 aromatic carbocycles. The molecule has 200 valence electrons. The van der Waals surface area contributed by atoms with Crippen molar-refractivity contribution in [2.75, 3.05) is 32.2 Å². The number of anilines is 1. The minimum Gasteiger partial charge on any atom is -0.493 e. The highest BCUT2D eigenvalue weighted by Gasteiger charge is 2.36. The van der Waals surface area contributed by atoms with Crippen molar-refractivity contribution in [1.29, 1.82) is 0 Å². The normalized spacial score (nSPS) is 13.9. The Labute approximate surface area is 222 Å². The first-order valence-corrected chi connectivity index (χ1v) is 12.3. The van der Waals surface area contributed by atoms with Crippen molar-refractivity contribution in [3.05, 3.63) is 63.0 Å². The molecule has 0 bridgehead atoms. The SMILES string of the molecule is CCCCOC(=O)CN1C(=O)S/C(=C\c2ccc(OCC(=O)Nc3cccc([N+](=O)[O-])c3)c(OC)c2)C1=O. The van der Waals surface area contributed by atoms with E-state index in [0.29, 0.717) is 23.7 Å². The molecule has 1 aliphatic heterocycles. The van der Waals surface area contributed by atoms with E-state index in [4.69, 9.17) is 14.2 Å². The zero-order chi connectivity index (χ0) is 27.7. The zero-order valence-corrected chi connectivity index (χ0v) is 21.4. The van der Waals surface area contributed by atoms with Gasteiger partial charge in [0.2, 0.25) is 0 Å². The summed E-state index contributed by atoms with van der Waals surface area (Å²) in [5.74, 6) is -1.30. The van der Waals surface area contributed by atoms with Crippen LogP contribution in [0.3, 0.4) is 0 Å².